The van der Waals surface area contributed by atoms with Crippen LogP contribution in [-0.2, 0) is 22.6 Å². The summed E-state index contributed by atoms with van der Waals surface area (Å²) in [5, 5.41) is 10.7. The molecule has 1 aromatic rings. The van der Waals surface area contributed by atoms with Gasteiger partial charge in [-0.25, -0.2) is 0 Å². The molecule has 0 spiro atoms. The summed E-state index contributed by atoms with van der Waals surface area (Å²) in [5.41, 5.74) is -1.94. The van der Waals surface area contributed by atoms with Crippen LogP contribution in [0.2, 0.25) is 0 Å². The summed E-state index contributed by atoms with van der Waals surface area (Å²) in [6.07, 6.45) is -4.43. The second-order valence-electron chi connectivity index (χ2n) is 6.87. The van der Waals surface area contributed by atoms with Crippen molar-refractivity contribution in [2.24, 2.45) is 0 Å². The minimum Gasteiger partial charge on any atom is -0.384 e. The van der Waals surface area contributed by atoms with E-state index in [1.165, 1.54) is 19.1 Å². The van der Waals surface area contributed by atoms with Gasteiger partial charge in [0, 0.05) is 36.2 Å². The number of hydrogen-bond donors (Lipinski definition) is 1. The highest BCUT2D eigenvalue weighted by Gasteiger charge is 2.37. The lowest BCUT2D eigenvalue weighted by atomic mass is 9.93. The smallest absolute Gasteiger partial charge is 0.384 e. The molecule has 0 radical (unpaired) electrons. The predicted molar refractivity (Wildman–Crippen MR) is 84.5 cm³/mol. The molecule has 2 rings (SSSR count). The van der Waals surface area contributed by atoms with Crippen LogP contribution in [0.5, 0.6) is 0 Å². The number of alkyl halides is 3. The molecule has 2 atom stereocenters. The van der Waals surface area contributed by atoms with Crippen molar-refractivity contribution in [3.63, 3.8) is 0 Å². The number of halogens is 3. The predicted octanol–water partition coefficient (Wildman–Crippen LogP) is 2.76. The standard InChI is InChI=1S/C16H22F3NO2S/c1-14(2)10-20(7-8-23(14)22)11-15(3,21)12-5-4-6-13(9-12)16(17,18)19/h4-6,9,21H,7-8,10-11H2,1-3H3. The summed E-state index contributed by atoms with van der Waals surface area (Å²) in [7, 11) is -0.932. The summed E-state index contributed by atoms with van der Waals surface area (Å²) < 4.78 is 50.1. The number of β-amino-alcohol motifs (C(OH)–C–C–N with tert-alkyl or cyclic N) is 1. The van der Waals surface area contributed by atoms with Crippen LogP contribution in [0.4, 0.5) is 13.2 Å². The van der Waals surface area contributed by atoms with E-state index in [0.29, 0.717) is 18.8 Å². The van der Waals surface area contributed by atoms with Crippen molar-refractivity contribution in [2.75, 3.05) is 25.4 Å². The molecule has 0 saturated carbocycles. The quantitative estimate of drug-likeness (QED) is 0.912. The number of hydrogen-bond acceptors (Lipinski definition) is 3. The fourth-order valence-electron chi connectivity index (χ4n) is 2.87. The van der Waals surface area contributed by atoms with Crippen molar-refractivity contribution < 1.29 is 22.5 Å². The first-order valence-electron chi connectivity index (χ1n) is 7.43. The Labute approximate surface area is 136 Å². The number of rotatable bonds is 3. The van der Waals surface area contributed by atoms with E-state index in [-0.39, 0.29) is 16.9 Å². The zero-order chi connectivity index (χ0) is 17.5. The molecule has 130 valence electrons. The number of benzene rings is 1. The van der Waals surface area contributed by atoms with Gasteiger partial charge in [0.1, 0.15) is 0 Å². The second-order valence-corrected chi connectivity index (χ2v) is 9.08. The molecule has 3 nitrogen and oxygen atoms in total. The number of nitrogens with zero attached hydrogens (tertiary/aromatic N) is 1. The van der Waals surface area contributed by atoms with Gasteiger partial charge in [0.15, 0.2) is 0 Å². The normalized spacial score (nSPS) is 25.1. The first kappa shape index (κ1) is 18.4. The largest absolute Gasteiger partial charge is 0.416 e. The molecule has 2 unspecified atom stereocenters. The van der Waals surface area contributed by atoms with Crippen LogP contribution >= 0.6 is 0 Å². The summed E-state index contributed by atoms with van der Waals surface area (Å²) in [6, 6.07) is 4.80. The van der Waals surface area contributed by atoms with Crippen molar-refractivity contribution >= 4 is 10.8 Å². The number of aliphatic hydroxyl groups is 1. The van der Waals surface area contributed by atoms with E-state index in [4.69, 9.17) is 0 Å². The third-order valence-electron chi connectivity index (χ3n) is 4.16. The van der Waals surface area contributed by atoms with Crippen molar-refractivity contribution in [1.29, 1.82) is 0 Å². The molecule has 1 aliphatic rings. The summed E-state index contributed by atoms with van der Waals surface area (Å²) >= 11 is 0. The third kappa shape index (κ3) is 4.33. The monoisotopic (exact) mass is 349 g/mol. The fourth-order valence-corrected chi connectivity index (χ4v) is 4.17. The molecular formula is C16H22F3NO2S. The van der Waals surface area contributed by atoms with Crippen LogP contribution < -0.4 is 0 Å². The van der Waals surface area contributed by atoms with Gasteiger partial charge in [-0.3, -0.25) is 9.11 Å². The lowest BCUT2D eigenvalue weighted by molar-refractivity contribution is -0.137. The van der Waals surface area contributed by atoms with Gasteiger partial charge in [-0.1, -0.05) is 12.1 Å². The maximum absolute atomic E-state index is 12.8. The van der Waals surface area contributed by atoms with E-state index in [9.17, 15) is 22.5 Å². The Morgan fingerprint density at radius 3 is 2.48 bits per heavy atom. The molecule has 0 bridgehead atoms. The molecule has 0 aliphatic carbocycles. The Kier molecular flexibility index (Phi) is 4.95. The van der Waals surface area contributed by atoms with Crippen LogP contribution in [-0.4, -0.2) is 44.3 Å². The first-order valence-corrected chi connectivity index (χ1v) is 8.75. The molecule has 1 aromatic carbocycles. The van der Waals surface area contributed by atoms with Crippen molar-refractivity contribution in [1.82, 2.24) is 4.90 Å². The van der Waals surface area contributed by atoms with E-state index in [1.807, 2.05) is 18.7 Å². The lowest BCUT2D eigenvalue weighted by Crippen LogP contribution is -2.53. The maximum Gasteiger partial charge on any atom is 0.416 e. The zero-order valence-electron chi connectivity index (χ0n) is 13.5. The average Bonchev–Trinajstić information content (AvgIpc) is 2.41. The zero-order valence-corrected chi connectivity index (χ0v) is 14.3. The Hall–Kier alpha value is -0.920. The van der Waals surface area contributed by atoms with Crippen LogP contribution in [0.25, 0.3) is 0 Å². The Balaban J connectivity index is 2.18. The Morgan fingerprint density at radius 2 is 1.91 bits per heavy atom. The van der Waals surface area contributed by atoms with Gasteiger partial charge in [-0.15, -0.1) is 0 Å². The molecule has 7 heteroatoms. The first-order chi connectivity index (χ1) is 10.4. The third-order valence-corrected chi connectivity index (χ3v) is 6.07. The molecule has 1 N–H and O–H groups in total. The Morgan fingerprint density at radius 1 is 1.30 bits per heavy atom. The molecule has 0 aromatic heterocycles. The molecule has 1 heterocycles. The van der Waals surface area contributed by atoms with E-state index in [2.05, 4.69) is 0 Å². The van der Waals surface area contributed by atoms with Gasteiger partial charge in [0.2, 0.25) is 0 Å². The van der Waals surface area contributed by atoms with Gasteiger partial charge in [0.25, 0.3) is 0 Å². The highest BCUT2D eigenvalue weighted by atomic mass is 32.2. The maximum atomic E-state index is 12.8. The van der Waals surface area contributed by atoms with Gasteiger partial charge in [-0.2, -0.15) is 13.2 Å². The van der Waals surface area contributed by atoms with E-state index in [0.717, 1.165) is 12.1 Å². The van der Waals surface area contributed by atoms with Gasteiger partial charge < -0.3 is 5.11 Å². The van der Waals surface area contributed by atoms with E-state index in [1.54, 1.807) is 0 Å². The second kappa shape index (κ2) is 6.18. The SMILES string of the molecule is CC(O)(CN1CCS(=O)C(C)(C)C1)c1cccc(C(F)(F)F)c1. The van der Waals surface area contributed by atoms with Gasteiger partial charge in [-0.05, 0) is 38.5 Å². The van der Waals surface area contributed by atoms with Crippen molar-refractivity contribution in [3.8, 4) is 0 Å². The van der Waals surface area contributed by atoms with Crippen LogP contribution in [0.15, 0.2) is 24.3 Å². The highest BCUT2D eigenvalue weighted by Crippen LogP contribution is 2.33. The minimum absolute atomic E-state index is 0.203. The van der Waals surface area contributed by atoms with Crippen molar-refractivity contribution in [3.05, 3.63) is 35.4 Å². The molecule has 1 aliphatic heterocycles. The topological polar surface area (TPSA) is 40.5 Å². The van der Waals surface area contributed by atoms with E-state index >= 15 is 0 Å². The summed E-state index contributed by atoms with van der Waals surface area (Å²) in [6.45, 7) is 6.61. The molecular weight excluding hydrogens is 327 g/mol. The Bertz CT molecular complexity index is 599. The van der Waals surface area contributed by atoms with Gasteiger partial charge >= 0.3 is 6.18 Å². The lowest BCUT2D eigenvalue weighted by Gasteiger charge is -2.40. The summed E-state index contributed by atoms with van der Waals surface area (Å²) in [5.74, 6) is 0.506. The van der Waals surface area contributed by atoms with Crippen LogP contribution in [0.1, 0.15) is 31.9 Å². The fraction of sp³-hybridized carbons (Fsp3) is 0.625. The van der Waals surface area contributed by atoms with Crippen LogP contribution in [0.3, 0.4) is 0 Å². The van der Waals surface area contributed by atoms with Gasteiger partial charge in [0.05, 0.1) is 15.9 Å². The average molecular weight is 349 g/mol. The molecule has 23 heavy (non-hydrogen) atoms. The minimum atomic E-state index is -4.43. The van der Waals surface area contributed by atoms with Crippen molar-refractivity contribution in [2.45, 2.75) is 37.3 Å². The summed E-state index contributed by atoms with van der Waals surface area (Å²) in [4.78, 5) is 1.96. The highest BCUT2D eigenvalue weighted by molar-refractivity contribution is 7.86. The molecule has 0 amide bonds. The molecule has 1 saturated heterocycles. The van der Waals surface area contributed by atoms with Crippen LogP contribution in [0, 0.1) is 0 Å². The van der Waals surface area contributed by atoms with E-state index < -0.39 is 28.1 Å². The molecule has 1 fully saturated rings.